The molecule has 0 aromatic heterocycles. The van der Waals surface area contributed by atoms with E-state index in [9.17, 15) is 14.4 Å². The fourth-order valence-corrected chi connectivity index (χ4v) is 4.42. The van der Waals surface area contributed by atoms with E-state index in [4.69, 9.17) is 0 Å². The van der Waals surface area contributed by atoms with Crippen LogP contribution in [0.25, 0.3) is 0 Å². The number of hydrogen-bond acceptors (Lipinski definition) is 5. The normalized spacial score (nSPS) is 23.4. The molecule has 0 radical (unpaired) electrons. The van der Waals surface area contributed by atoms with Crippen LogP contribution in [0.3, 0.4) is 0 Å². The van der Waals surface area contributed by atoms with Crippen LogP contribution in [-0.4, -0.2) is 90.4 Å². The second kappa shape index (κ2) is 10.2. The van der Waals surface area contributed by atoms with Gasteiger partial charge in [-0.1, -0.05) is 12.8 Å². The van der Waals surface area contributed by atoms with E-state index in [2.05, 4.69) is 20.4 Å². The van der Waals surface area contributed by atoms with E-state index in [0.29, 0.717) is 6.54 Å². The number of piperazine rings is 1. The molecule has 2 aliphatic heterocycles. The molecule has 2 saturated heterocycles. The van der Waals surface area contributed by atoms with Crippen molar-refractivity contribution in [1.29, 1.82) is 0 Å². The molecule has 3 rings (SSSR count). The lowest BCUT2D eigenvalue weighted by molar-refractivity contribution is -0.134. The van der Waals surface area contributed by atoms with Crippen molar-refractivity contribution >= 4 is 17.8 Å². The van der Waals surface area contributed by atoms with E-state index in [-0.39, 0.29) is 29.9 Å². The quantitative estimate of drug-likeness (QED) is 0.721. The summed E-state index contributed by atoms with van der Waals surface area (Å²) in [6, 6.07) is -0.534. The molecule has 4 amide bonds. The van der Waals surface area contributed by atoms with Gasteiger partial charge in [0.05, 0.1) is 12.6 Å². The molecule has 1 saturated carbocycles. The van der Waals surface area contributed by atoms with E-state index < -0.39 is 0 Å². The van der Waals surface area contributed by atoms with Gasteiger partial charge in [-0.15, -0.1) is 0 Å². The standard InChI is InChI=1S/C20H35N5O3/c1-16(19(27)22-20(28)21-17-7-3-4-8-17)24-13-11-23(12-14-24)15-18(26)25-9-5-2-6-10-25/h16-17H,2-15H2,1H3,(H2,21,22,27,28). The lowest BCUT2D eigenvalue weighted by atomic mass is 10.1. The molecule has 3 fully saturated rings. The van der Waals surface area contributed by atoms with Crippen LogP contribution in [0.4, 0.5) is 4.79 Å². The molecule has 158 valence electrons. The van der Waals surface area contributed by atoms with E-state index in [1.807, 2.05) is 11.8 Å². The molecule has 8 heteroatoms. The third kappa shape index (κ3) is 5.91. The molecule has 2 N–H and O–H groups in total. The molecule has 28 heavy (non-hydrogen) atoms. The minimum atomic E-state index is -0.380. The Morgan fingerprint density at radius 3 is 2.18 bits per heavy atom. The van der Waals surface area contributed by atoms with Crippen molar-refractivity contribution in [2.75, 3.05) is 45.8 Å². The van der Waals surface area contributed by atoms with Gasteiger partial charge in [0.2, 0.25) is 11.8 Å². The van der Waals surface area contributed by atoms with Crippen LogP contribution in [0, 0.1) is 0 Å². The molecule has 0 spiro atoms. The SMILES string of the molecule is CC(C(=O)NC(=O)NC1CCCC1)N1CCN(CC(=O)N2CCCCC2)CC1. The predicted octanol–water partition coefficient (Wildman–Crippen LogP) is 0.773. The van der Waals surface area contributed by atoms with Gasteiger partial charge in [-0.3, -0.25) is 24.7 Å². The van der Waals surface area contributed by atoms with Gasteiger partial charge in [0, 0.05) is 45.3 Å². The molecule has 3 aliphatic rings. The van der Waals surface area contributed by atoms with Crippen LogP contribution in [0.1, 0.15) is 51.9 Å². The van der Waals surface area contributed by atoms with Crippen LogP contribution >= 0.6 is 0 Å². The number of imide groups is 1. The number of nitrogens with zero attached hydrogens (tertiary/aromatic N) is 3. The maximum atomic E-state index is 12.4. The minimum Gasteiger partial charge on any atom is -0.342 e. The van der Waals surface area contributed by atoms with Gasteiger partial charge in [-0.25, -0.2) is 4.79 Å². The van der Waals surface area contributed by atoms with Crippen molar-refractivity contribution in [2.45, 2.75) is 64.0 Å². The highest BCUT2D eigenvalue weighted by Gasteiger charge is 2.28. The fraction of sp³-hybridized carbons (Fsp3) is 0.850. The van der Waals surface area contributed by atoms with Crippen molar-refractivity contribution in [3.05, 3.63) is 0 Å². The summed E-state index contributed by atoms with van der Waals surface area (Å²) in [7, 11) is 0. The minimum absolute atomic E-state index is 0.198. The molecule has 1 unspecified atom stereocenters. The van der Waals surface area contributed by atoms with Gasteiger partial charge in [-0.05, 0) is 39.0 Å². The Morgan fingerprint density at radius 1 is 0.893 bits per heavy atom. The van der Waals surface area contributed by atoms with Gasteiger partial charge >= 0.3 is 6.03 Å². The Kier molecular flexibility index (Phi) is 7.67. The van der Waals surface area contributed by atoms with Gasteiger partial charge in [0.15, 0.2) is 0 Å². The number of amides is 4. The van der Waals surface area contributed by atoms with Crippen molar-refractivity contribution in [3.8, 4) is 0 Å². The third-order valence-electron chi connectivity index (χ3n) is 6.33. The monoisotopic (exact) mass is 393 g/mol. The summed E-state index contributed by atoms with van der Waals surface area (Å²) in [4.78, 5) is 43.1. The van der Waals surface area contributed by atoms with Crippen LogP contribution in [0.15, 0.2) is 0 Å². The zero-order valence-electron chi connectivity index (χ0n) is 17.1. The van der Waals surface area contributed by atoms with Crippen molar-refractivity contribution in [1.82, 2.24) is 25.3 Å². The number of piperidine rings is 1. The summed E-state index contributed by atoms with van der Waals surface area (Å²) >= 11 is 0. The Bertz CT molecular complexity index is 550. The lowest BCUT2D eigenvalue weighted by Gasteiger charge is -2.38. The van der Waals surface area contributed by atoms with Crippen molar-refractivity contribution in [2.24, 2.45) is 0 Å². The van der Waals surface area contributed by atoms with E-state index in [1.54, 1.807) is 0 Å². The first-order valence-electron chi connectivity index (χ1n) is 10.9. The molecule has 1 atom stereocenters. The molecule has 8 nitrogen and oxygen atoms in total. The molecular formula is C20H35N5O3. The Labute approximate surface area is 168 Å². The van der Waals surface area contributed by atoms with Crippen molar-refractivity contribution in [3.63, 3.8) is 0 Å². The third-order valence-corrected chi connectivity index (χ3v) is 6.33. The van der Waals surface area contributed by atoms with Gasteiger partial charge in [-0.2, -0.15) is 0 Å². The van der Waals surface area contributed by atoms with Crippen LogP contribution in [0.2, 0.25) is 0 Å². The number of rotatable bonds is 5. The van der Waals surface area contributed by atoms with Gasteiger partial charge < -0.3 is 10.2 Å². The number of likely N-dealkylation sites (tertiary alicyclic amines) is 1. The van der Waals surface area contributed by atoms with Crippen molar-refractivity contribution < 1.29 is 14.4 Å². The summed E-state index contributed by atoms with van der Waals surface area (Å²) in [5, 5.41) is 5.37. The highest BCUT2D eigenvalue weighted by molar-refractivity contribution is 5.96. The van der Waals surface area contributed by atoms with Gasteiger partial charge in [0.1, 0.15) is 0 Å². The number of carbonyl (C=O) groups excluding carboxylic acids is 3. The average Bonchev–Trinajstić information content (AvgIpc) is 3.21. The number of urea groups is 1. The zero-order chi connectivity index (χ0) is 19.9. The largest absolute Gasteiger partial charge is 0.342 e. The Morgan fingerprint density at radius 2 is 1.54 bits per heavy atom. The summed E-state index contributed by atoms with van der Waals surface area (Å²) in [6.45, 7) is 7.08. The molecule has 1 aliphatic carbocycles. The molecule has 2 heterocycles. The highest BCUT2D eigenvalue weighted by atomic mass is 16.2. The lowest BCUT2D eigenvalue weighted by Crippen LogP contribution is -2.57. The van der Waals surface area contributed by atoms with E-state index >= 15 is 0 Å². The second-order valence-electron chi connectivity index (χ2n) is 8.37. The summed E-state index contributed by atoms with van der Waals surface area (Å²) in [5.74, 6) is -0.0316. The van der Waals surface area contributed by atoms with E-state index in [0.717, 1.165) is 77.8 Å². The highest BCUT2D eigenvalue weighted by Crippen LogP contribution is 2.17. The predicted molar refractivity (Wildman–Crippen MR) is 107 cm³/mol. The Balaban J connectivity index is 1.36. The van der Waals surface area contributed by atoms with Crippen LogP contribution in [-0.2, 0) is 9.59 Å². The first-order chi connectivity index (χ1) is 13.5. The molecule has 0 aromatic rings. The molecular weight excluding hydrogens is 358 g/mol. The van der Waals surface area contributed by atoms with E-state index in [1.165, 1.54) is 6.42 Å². The van der Waals surface area contributed by atoms with Crippen LogP contribution < -0.4 is 10.6 Å². The van der Waals surface area contributed by atoms with Gasteiger partial charge in [0.25, 0.3) is 0 Å². The first kappa shape index (κ1) is 21.0. The summed E-state index contributed by atoms with van der Waals surface area (Å²) in [6.07, 6.45) is 7.71. The van der Waals surface area contributed by atoms with Crippen LogP contribution in [0.5, 0.6) is 0 Å². The second-order valence-corrected chi connectivity index (χ2v) is 8.37. The average molecular weight is 394 g/mol. The molecule has 0 bridgehead atoms. The summed E-state index contributed by atoms with van der Waals surface area (Å²) in [5.41, 5.74) is 0. The number of nitrogens with one attached hydrogen (secondary N) is 2. The summed E-state index contributed by atoms with van der Waals surface area (Å²) < 4.78 is 0. The smallest absolute Gasteiger partial charge is 0.321 e. The zero-order valence-corrected chi connectivity index (χ0v) is 17.1. The number of carbonyl (C=O) groups is 3. The topological polar surface area (TPSA) is 85.0 Å². The molecule has 0 aromatic carbocycles. The first-order valence-corrected chi connectivity index (χ1v) is 10.9. The number of hydrogen-bond donors (Lipinski definition) is 2. The Hall–Kier alpha value is -1.67. The maximum Gasteiger partial charge on any atom is 0.321 e. The fourth-order valence-electron chi connectivity index (χ4n) is 4.42. The maximum absolute atomic E-state index is 12.4.